The molecule has 5 aromatic rings. The van der Waals surface area contributed by atoms with Crippen LogP contribution in [0.1, 0.15) is 62.3 Å². The maximum atomic E-state index is 13.0. The standard InChI is InChI=1S/C36H33N5O5S/c1-22-31(21-47-36-37-38-39-40(36)2)45-35(46-32(22)25-15-13-23(20-42)14-16-25)28-10-6-9-27(18-28)26-8-5-7-24(17-26)19-41-33(43)29-11-3-4-12-30(29)34(41)44/h3-18,22,31-32,35,42H,19-21H2,1-2H3/t22-,31+,32+,35+/m1/s1. The van der Waals surface area contributed by atoms with E-state index in [1.807, 2.05) is 73.8 Å². The van der Waals surface area contributed by atoms with Crippen molar-refractivity contribution >= 4 is 23.6 Å². The van der Waals surface area contributed by atoms with Gasteiger partial charge in [-0.2, -0.15) is 0 Å². The Morgan fingerprint density at radius 3 is 2.19 bits per heavy atom. The molecule has 4 atom stereocenters. The first-order chi connectivity index (χ1) is 22.9. The fraction of sp³-hybridized carbons (Fsp3) is 0.250. The van der Waals surface area contributed by atoms with Gasteiger partial charge in [-0.25, -0.2) is 4.68 Å². The normalized spacial score (nSPS) is 20.9. The van der Waals surface area contributed by atoms with Crippen LogP contribution in [0.25, 0.3) is 11.1 Å². The van der Waals surface area contributed by atoms with Gasteiger partial charge in [0.1, 0.15) is 0 Å². The Kier molecular flexibility index (Phi) is 8.70. The summed E-state index contributed by atoms with van der Waals surface area (Å²) in [6, 6.07) is 30.7. The maximum Gasteiger partial charge on any atom is 0.261 e. The predicted octanol–water partition coefficient (Wildman–Crippen LogP) is 5.75. The molecular weight excluding hydrogens is 614 g/mol. The van der Waals surface area contributed by atoms with Gasteiger partial charge in [0.15, 0.2) is 6.29 Å². The minimum atomic E-state index is -0.640. The van der Waals surface area contributed by atoms with Gasteiger partial charge in [0.25, 0.3) is 11.8 Å². The molecule has 2 aliphatic rings. The van der Waals surface area contributed by atoms with Gasteiger partial charge in [-0.15, -0.1) is 5.10 Å². The number of carbonyl (C=O) groups excluding carboxylic acids is 2. The lowest BCUT2D eigenvalue weighted by atomic mass is 9.91. The number of aliphatic hydroxyl groups is 1. The molecular formula is C36H33N5O5S. The number of ether oxygens (including phenoxy) is 2. The molecule has 238 valence electrons. The fourth-order valence-corrected chi connectivity index (χ4v) is 7.10. The van der Waals surface area contributed by atoms with Crippen LogP contribution < -0.4 is 0 Å². The van der Waals surface area contributed by atoms with Crippen LogP contribution >= 0.6 is 11.8 Å². The number of fused-ring (bicyclic) bond motifs is 1. The number of rotatable bonds is 9. The van der Waals surface area contributed by atoms with E-state index >= 15 is 0 Å². The molecule has 1 fully saturated rings. The zero-order valence-corrected chi connectivity index (χ0v) is 26.7. The van der Waals surface area contributed by atoms with E-state index in [-0.39, 0.29) is 43.1 Å². The molecule has 7 rings (SSSR count). The lowest BCUT2D eigenvalue weighted by molar-refractivity contribution is -0.268. The summed E-state index contributed by atoms with van der Waals surface area (Å²) in [5, 5.41) is 22.1. The van der Waals surface area contributed by atoms with Crippen LogP contribution in [0.15, 0.2) is 102 Å². The zero-order valence-electron chi connectivity index (χ0n) is 25.9. The average molecular weight is 648 g/mol. The molecule has 10 nitrogen and oxygen atoms in total. The van der Waals surface area contributed by atoms with Crippen molar-refractivity contribution < 1.29 is 24.2 Å². The molecule has 2 amide bonds. The predicted molar refractivity (Wildman–Crippen MR) is 175 cm³/mol. The second-order valence-electron chi connectivity index (χ2n) is 11.8. The Hall–Kier alpha value is -4.68. The molecule has 1 aromatic heterocycles. The van der Waals surface area contributed by atoms with Gasteiger partial charge in [-0.1, -0.05) is 91.5 Å². The van der Waals surface area contributed by atoms with Gasteiger partial charge >= 0.3 is 0 Å². The Bertz CT molecular complexity index is 1890. The Labute approximate surface area is 276 Å². The molecule has 1 N–H and O–H groups in total. The van der Waals surface area contributed by atoms with E-state index in [9.17, 15) is 14.7 Å². The van der Waals surface area contributed by atoms with Crippen LogP contribution in [0.4, 0.5) is 0 Å². The summed E-state index contributed by atoms with van der Waals surface area (Å²) < 4.78 is 14.9. The zero-order chi connectivity index (χ0) is 32.5. The van der Waals surface area contributed by atoms with Crippen molar-refractivity contribution in [1.82, 2.24) is 25.1 Å². The van der Waals surface area contributed by atoms with E-state index in [1.54, 1.807) is 28.9 Å². The number of imide groups is 1. The second-order valence-corrected chi connectivity index (χ2v) is 12.8. The Morgan fingerprint density at radius 2 is 1.51 bits per heavy atom. The molecule has 1 saturated heterocycles. The highest BCUT2D eigenvalue weighted by Crippen LogP contribution is 2.43. The third-order valence-corrected chi connectivity index (χ3v) is 9.82. The Balaban J connectivity index is 1.14. The molecule has 0 unspecified atom stereocenters. The van der Waals surface area contributed by atoms with E-state index < -0.39 is 6.29 Å². The van der Waals surface area contributed by atoms with E-state index in [2.05, 4.69) is 28.5 Å². The summed E-state index contributed by atoms with van der Waals surface area (Å²) in [6.07, 6.45) is -1.07. The molecule has 2 aliphatic heterocycles. The van der Waals surface area contributed by atoms with Crippen LogP contribution in [0.2, 0.25) is 0 Å². The summed E-state index contributed by atoms with van der Waals surface area (Å²) in [4.78, 5) is 27.3. The van der Waals surface area contributed by atoms with Gasteiger partial charge in [-0.3, -0.25) is 14.5 Å². The number of hydrogen-bond donors (Lipinski definition) is 1. The first-order valence-electron chi connectivity index (χ1n) is 15.4. The van der Waals surface area contributed by atoms with Crippen LogP contribution in [-0.4, -0.2) is 53.9 Å². The fourth-order valence-electron chi connectivity index (χ4n) is 6.09. The number of benzene rings is 4. The summed E-state index contributed by atoms with van der Waals surface area (Å²) >= 11 is 1.54. The molecule has 3 heterocycles. The number of aryl methyl sites for hydroxylation is 1. The average Bonchev–Trinajstić information content (AvgIpc) is 3.63. The van der Waals surface area contributed by atoms with Crippen molar-refractivity contribution in [2.45, 2.75) is 43.7 Å². The van der Waals surface area contributed by atoms with Crippen molar-refractivity contribution in [2.75, 3.05) is 5.75 Å². The first-order valence-corrected chi connectivity index (χ1v) is 16.4. The summed E-state index contributed by atoms with van der Waals surface area (Å²) in [5.74, 6) is 0.0898. The monoisotopic (exact) mass is 647 g/mol. The van der Waals surface area contributed by atoms with E-state index in [1.165, 1.54) is 16.7 Å². The molecule has 47 heavy (non-hydrogen) atoms. The SMILES string of the molecule is C[C@@H]1[C@H](CSc2nnnn2C)O[C@H](c2cccc(-c3cccc(CN4C(=O)c5ccccc5C4=O)c3)c2)O[C@@H]1c1ccc(CO)cc1. The maximum absolute atomic E-state index is 13.0. The number of hydrogen-bond acceptors (Lipinski definition) is 9. The van der Waals surface area contributed by atoms with Gasteiger partial charge in [0.2, 0.25) is 5.16 Å². The number of nitrogens with zero attached hydrogens (tertiary/aromatic N) is 5. The third-order valence-electron chi connectivity index (χ3n) is 8.72. The van der Waals surface area contributed by atoms with Gasteiger partial charge in [0, 0.05) is 24.3 Å². The van der Waals surface area contributed by atoms with Crippen LogP contribution in [0.5, 0.6) is 0 Å². The van der Waals surface area contributed by atoms with Crippen molar-refractivity contribution in [1.29, 1.82) is 0 Å². The topological polar surface area (TPSA) is 120 Å². The van der Waals surface area contributed by atoms with Crippen molar-refractivity contribution in [2.24, 2.45) is 13.0 Å². The van der Waals surface area contributed by atoms with Crippen LogP contribution in [-0.2, 0) is 29.7 Å². The smallest absolute Gasteiger partial charge is 0.261 e. The molecule has 0 radical (unpaired) electrons. The van der Waals surface area contributed by atoms with Gasteiger partial charge in [-0.05, 0) is 62.5 Å². The minimum absolute atomic E-state index is 0.0157. The van der Waals surface area contributed by atoms with Crippen molar-refractivity contribution in [3.8, 4) is 11.1 Å². The van der Waals surface area contributed by atoms with Gasteiger partial charge < -0.3 is 14.6 Å². The molecule has 0 aliphatic carbocycles. The Morgan fingerprint density at radius 1 is 0.809 bits per heavy atom. The molecule has 0 saturated carbocycles. The molecule has 4 aromatic carbocycles. The number of thioether (sulfide) groups is 1. The lowest BCUT2D eigenvalue weighted by Crippen LogP contribution is -2.38. The third kappa shape index (κ3) is 6.22. The number of tetrazole rings is 1. The quantitative estimate of drug-likeness (QED) is 0.158. The number of aromatic nitrogens is 4. The van der Waals surface area contributed by atoms with Crippen molar-refractivity contribution in [3.05, 3.63) is 130 Å². The summed E-state index contributed by atoms with van der Waals surface area (Å²) in [7, 11) is 1.81. The summed E-state index contributed by atoms with van der Waals surface area (Å²) in [5.41, 5.74) is 6.35. The van der Waals surface area contributed by atoms with Crippen LogP contribution in [0.3, 0.4) is 0 Å². The highest BCUT2D eigenvalue weighted by Gasteiger charge is 2.39. The number of aliphatic hydroxyl groups excluding tert-OH is 1. The first kappa shape index (κ1) is 30.9. The molecule has 0 spiro atoms. The van der Waals surface area contributed by atoms with Crippen molar-refractivity contribution in [3.63, 3.8) is 0 Å². The van der Waals surface area contributed by atoms with Gasteiger partial charge in [0.05, 0.1) is 36.5 Å². The van der Waals surface area contributed by atoms with E-state index in [0.717, 1.165) is 33.4 Å². The largest absolute Gasteiger partial charge is 0.392 e. The minimum Gasteiger partial charge on any atom is -0.392 e. The molecule has 11 heteroatoms. The van der Waals surface area contributed by atoms with E-state index in [0.29, 0.717) is 22.0 Å². The van der Waals surface area contributed by atoms with E-state index in [4.69, 9.17) is 9.47 Å². The number of carbonyl (C=O) groups is 2. The lowest BCUT2D eigenvalue weighted by Gasteiger charge is -2.41. The molecule has 0 bridgehead atoms. The number of amides is 2. The highest BCUT2D eigenvalue weighted by molar-refractivity contribution is 7.99. The highest BCUT2D eigenvalue weighted by atomic mass is 32.2. The second kappa shape index (κ2) is 13.2. The van der Waals surface area contributed by atoms with Crippen LogP contribution in [0, 0.1) is 5.92 Å². The summed E-state index contributed by atoms with van der Waals surface area (Å²) in [6.45, 7) is 2.28.